The third-order valence-electron chi connectivity index (χ3n) is 4.37. The molecule has 31 heavy (non-hydrogen) atoms. The van der Waals surface area contributed by atoms with E-state index in [1.54, 1.807) is 35.4 Å². The van der Waals surface area contributed by atoms with Crippen LogP contribution in [0.15, 0.2) is 47.7 Å². The second kappa shape index (κ2) is 14.6. The largest absolute Gasteiger partial charge is 0.453 e. The molecule has 1 heterocycles. The predicted octanol–water partition coefficient (Wildman–Crippen LogP) is 3.94. The number of pyridine rings is 1. The zero-order chi connectivity index (χ0) is 21.8. The van der Waals surface area contributed by atoms with E-state index in [4.69, 9.17) is 4.74 Å². The number of hydrogen-bond donors (Lipinski definition) is 2. The molecule has 2 aromatic rings. The van der Waals surface area contributed by atoms with E-state index in [9.17, 15) is 9.18 Å². The second-order valence-electron chi connectivity index (χ2n) is 6.49. The lowest BCUT2D eigenvalue weighted by Crippen LogP contribution is -2.40. The van der Waals surface area contributed by atoms with Crippen LogP contribution in [0.2, 0.25) is 0 Å². The van der Waals surface area contributed by atoms with Crippen molar-refractivity contribution in [1.29, 1.82) is 0 Å². The van der Waals surface area contributed by atoms with E-state index >= 15 is 0 Å². The van der Waals surface area contributed by atoms with Crippen LogP contribution in [0.3, 0.4) is 0 Å². The molecule has 0 spiro atoms. The third-order valence-corrected chi connectivity index (χ3v) is 4.37. The van der Waals surface area contributed by atoms with Crippen molar-refractivity contribution in [1.82, 2.24) is 20.5 Å². The number of aromatic nitrogens is 1. The lowest BCUT2D eigenvalue weighted by Gasteiger charge is -2.19. The van der Waals surface area contributed by atoms with Crippen LogP contribution in [0.25, 0.3) is 0 Å². The van der Waals surface area contributed by atoms with Gasteiger partial charge in [-0.1, -0.05) is 6.07 Å². The summed E-state index contributed by atoms with van der Waals surface area (Å²) in [6, 6.07) is 8.19. The van der Waals surface area contributed by atoms with Crippen molar-refractivity contribution in [3.63, 3.8) is 0 Å². The molecular formula is C22H31FIN5O2. The Kier molecular flexibility index (Phi) is 12.5. The standard InChI is InChI=1S/C22H30FN5O2.HI/c1-4-25-22(26-13-11-21(29)28(5-2)6-3)27-15-17-9-10-20(19(23)14-17)30-18-8-7-12-24-16-18;/h7-10,12,14,16H,4-6,11,13,15H2,1-3H3,(H2,25,26,27);1H. The van der Waals surface area contributed by atoms with E-state index in [2.05, 4.69) is 20.6 Å². The summed E-state index contributed by atoms with van der Waals surface area (Å²) in [5, 5.41) is 6.28. The average Bonchev–Trinajstić information content (AvgIpc) is 2.75. The van der Waals surface area contributed by atoms with Crippen LogP contribution in [0, 0.1) is 5.82 Å². The van der Waals surface area contributed by atoms with Gasteiger partial charge in [-0.25, -0.2) is 9.38 Å². The molecule has 9 heteroatoms. The molecular weight excluding hydrogens is 512 g/mol. The van der Waals surface area contributed by atoms with Gasteiger partial charge in [-0.2, -0.15) is 0 Å². The number of amides is 1. The maximum absolute atomic E-state index is 14.4. The normalized spacial score (nSPS) is 10.8. The van der Waals surface area contributed by atoms with Gasteiger partial charge in [-0.3, -0.25) is 9.78 Å². The van der Waals surface area contributed by atoms with Crippen molar-refractivity contribution >= 4 is 35.8 Å². The van der Waals surface area contributed by atoms with Gasteiger partial charge < -0.3 is 20.3 Å². The highest BCUT2D eigenvalue weighted by atomic mass is 127. The molecule has 2 rings (SSSR count). The van der Waals surface area contributed by atoms with Gasteiger partial charge in [0.15, 0.2) is 17.5 Å². The van der Waals surface area contributed by atoms with Gasteiger partial charge in [0.05, 0.1) is 12.7 Å². The highest BCUT2D eigenvalue weighted by molar-refractivity contribution is 14.0. The Morgan fingerprint density at radius 3 is 2.58 bits per heavy atom. The number of benzene rings is 1. The minimum absolute atomic E-state index is 0. The maximum atomic E-state index is 14.4. The Balaban J connectivity index is 0.00000480. The zero-order valence-electron chi connectivity index (χ0n) is 18.2. The Morgan fingerprint density at radius 1 is 1.19 bits per heavy atom. The summed E-state index contributed by atoms with van der Waals surface area (Å²) in [7, 11) is 0. The highest BCUT2D eigenvalue weighted by Gasteiger charge is 2.10. The highest BCUT2D eigenvalue weighted by Crippen LogP contribution is 2.24. The fraction of sp³-hybridized carbons (Fsp3) is 0.409. The molecule has 0 atom stereocenters. The number of nitrogens with zero attached hydrogens (tertiary/aromatic N) is 3. The predicted molar refractivity (Wildman–Crippen MR) is 131 cm³/mol. The topological polar surface area (TPSA) is 78.9 Å². The third kappa shape index (κ3) is 9.07. The maximum Gasteiger partial charge on any atom is 0.224 e. The molecule has 170 valence electrons. The molecule has 0 unspecified atom stereocenters. The van der Waals surface area contributed by atoms with E-state index in [1.807, 2.05) is 20.8 Å². The van der Waals surface area contributed by atoms with Gasteiger partial charge >= 0.3 is 0 Å². The summed E-state index contributed by atoms with van der Waals surface area (Å²) in [6.45, 7) is 8.76. The number of hydrogen-bond acceptors (Lipinski definition) is 4. The van der Waals surface area contributed by atoms with Crippen LogP contribution in [-0.2, 0) is 11.3 Å². The Morgan fingerprint density at radius 2 is 1.97 bits per heavy atom. The van der Waals surface area contributed by atoms with Crippen LogP contribution in [0.4, 0.5) is 4.39 Å². The molecule has 0 saturated heterocycles. The average molecular weight is 543 g/mol. The molecule has 1 amide bonds. The van der Waals surface area contributed by atoms with E-state index in [0.717, 1.165) is 0 Å². The molecule has 7 nitrogen and oxygen atoms in total. The molecule has 1 aromatic heterocycles. The van der Waals surface area contributed by atoms with Gasteiger partial charge in [-0.15, -0.1) is 24.0 Å². The number of carbonyl (C=O) groups is 1. The number of guanidine groups is 1. The first kappa shape index (κ1) is 26.6. The van der Waals surface area contributed by atoms with Crippen LogP contribution in [0.1, 0.15) is 32.8 Å². The summed E-state index contributed by atoms with van der Waals surface area (Å²) >= 11 is 0. The summed E-state index contributed by atoms with van der Waals surface area (Å²) in [5.41, 5.74) is 0.711. The van der Waals surface area contributed by atoms with Crippen molar-refractivity contribution in [2.75, 3.05) is 26.2 Å². The molecule has 0 bridgehead atoms. The molecule has 0 aliphatic rings. The van der Waals surface area contributed by atoms with Crippen LogP contribution in [-0.4, -0.2) is 47.9 Å². The minimum atomic E-state index is -0.464. The Hall–Kier alpha value is -2.43. The minimum Gasteiger partial charge on any atom is -0.453 e. The summed E-state index contributed by atoms with van der Waals surface area (Å²) in [4.78, 5) is 22.3. The fourth-order valence-corrected chi connectivity index (χ4v) is 2.79. The second-order valence-corrected chi connectivity index (χ2v) is 6.49. The van der Waals surface area contributed by atoms with E-state index in [-0.39, 0.29) is 35.6 Å². The van der Waals surface area contributed by atoms with Crippen molar-refractivity contribution < 1.29 is 13.9 Å². The molecule has 0 saturated carbocycles. The SMILES string of the molecule is CCNC(=NCc1ccc(Oc2cccnc2)c(F)c1)NCCC(=O)N(CC)CC.I. The van der Waals surface area contributed by atoms with Gasteiger partial charge in [-0.05, 0) is 50.6 Å². The lowest BCUT2D eigenvalue weighted by molar-refractivity contribution is -0.130. The number of halogens is 2. The summed E-state index contributed by atoms with van der Waals surface area (Å²) in [5.74, 6) is 0.834. The quantitative estimate of drug-likeness (QED) is 0.270. The van der Waals surface area contributed by atoms with Crippen LogP contribution < -0.4 is 15.4 Å². The molecule has 0 fully saturated rings. The van der Waals surface area contributed by atoms with Crippen molar-refractivity contribution in [2.24, 2.45) is 4.99 Å². The fourth-order valence-electron chi connectivity index (χ4n) is 2.79. The van der Waals surface area contributed by atoms with Gasteiger partial charge in [0.2, 0.25) is 5.91 Å². The van der Waals surface area contributed by atoms with E-state index in [0.29, 0.717) is 56.4 Å². The molecule has 0 aliphatic carbocycles. The number of carbonyl (C=O) groups excluding carboxylic acids is 1. The van der Waals surface area contributed by atoms with Crippen LogP contribution >= 0.6 is 24.0 Å². The Labute approximate surface area is 200 Å². The monoisotopic (exact) mass is 543 g/mol. The first-order valence-electron chi connectivity index (χ1n) is 10.2. The number of nitrogens with one attached hydrogen (secondary N) is 2. The number of aliphatic imine (C=N–C) groups is 1. The van der Waals surface area contributed by atoms with E-state index in [1.165, 1.54) is 12.3 Å². The smallest absolute Gasteiger partial charge is 0.224 e. The van der Waals surface area contributed by atoms with Crippen molar-refractivity contribution in [3.8, 4) is 11.5 Å². The first-order chi connectivity index (χ1) is 14.6. The molecule has 0 aliphatic heterocycles. The van der Waals surface area contributed by atoms with E-state index < -0.39 is 5.82 Å². The zero-order valence-corrected chi connectivity index (χ0v) is 20.6. The van der Waals surface area contributed by atoms with Gasteiger partial charge in [0, 0.05) is 38.8 Å². The molecule has 1 aromatic carbocycles. The summed E-state index contributed by atoms with van der Waals surface area (Å²) in [6.07, 6.45) is 3.54. The number of rotatable bonds is 10. The van der Waals surface area contributed by atoms with Crippen LogP contribution in [0.5, 0.6) is 11.5 Å². The first-order valence-corrected chi connectivity index (χ1v) is 10.2. The van der Waals surface area contributed by atoms with Gasteiger partial charge in [0.1, 0.15) is 5.75 Å². The van der Waals surface area contributed by atoms with Crippen molar-refractivity contribution in [3.05, 3.63) is 54.1 Å². The molecule has 2 N–H and O–H groups in total. The molecule has 0 radical (unpaired) electrons. The Bertz CT molecular complexity index is 832. The number of ether oxygens (including phenoxy) is 1. The van der Waals surface area contributed by atoms with Gasteiger partial charge in [0.25, 0.3) is 0 Å². The summed E-state index contributed by atoms with van der Waals surface area (Å²) < 4.78 is 19.9. The van der Waals surface area contributed by atoms with Crippen molar-refractivity contribution in [2.45, 2.75) is 33.7 Å². The lowest BCUT2D eigenvalue weighted by atomic mass is 10.2.